The van der Waals surface area contributed by atoms with E-state index in [0.29, 0.717) is 37.3 Å². The predicted molar refractivity (Wildman–Crippen MR) is 116 cm³/mol. The summed E-state index contributed by atoms with van der Waals surface area (Å²) >= 11 is 0. The van der Waals surface area contributed by atoms with Crippen molar-refractivity contribution in [3.05, 3.63) is 59.2 Å². The molecular formula is C24H31NO4. The third-order valence-electron chi connectivity index (χ3n) is 4.75. The lowest BCUT2D eigenvalue weighted by atomic mass is 10.1. The summed E-state index contributed by atoms with van der Waals surface area (Å²) in [5.41, 5.74) is 3.46. The molecule has 2 rings (SSSR count). The molecule has 0 aliphatic rings. The van der Waals surface area contributed by atoms with Crippen LogP contribution in [-0.2, 0) is 9.53 Å². The monoisotopic (exact) mass is 397 g/mol. The number of aryl methyl sites for hydroxylation is 1. The molecule has 2 aromatic carbocycles. The normalized spacial score (nSPS) is 10.4. The Morgan fingerprint density at radius 1 is 0.931 bits per heavy atom. The number of esters is 1. The zero-order valence-electron chi connectivity index (χ0n) is 17.6. The summed E-state index contributed by atoms with van der Waals surface area (Å²) in [4.78, 5) is 24.1. The second kappa shape index (κ2) is 11.9. The van der Waals surface area contributed by atoms with Gasteiger partial charge in [-0.1, -0.05) is 31.9 Å². The first-order valence-electron chi connectivity index (χ1n) is 10.3. The van der Waals surface area contributed by atoms with E-state index >= 15 is 0 Å². The molecule has 2 aromatic rings. The molecule has 0 saturated heterocycles. The van der Waals surface area contributed by atoms with Crippen LogP contribution in [0.3, 0.4) is 0 Å². The van der Waals surface area contributed by atoms with E-state index in [-0.39, 0.29) is 11.9 Å². The first kappa shape index (κ1) is 22.5. The molecule has 5 nitrogen and oxygen atoms in total. The number of rotatable bonds is 11. The van der Waals surface area contributed by atoms with Crippen molar-refractivity contribution in [1.29, 1.82) is 0 Å². The fourth-order valence-corrected chi connectivity index (χ4v) is 2.81. The van der Waals surface area contributed by atoms with E-state index in [1.54, 1.807) is 24.3 Å². The summed E-state index contributed by atoms with van der Waals surface area (Å²) < 4.78 is 11.0. The Kier molecular flexibility index (Phi) is 9.22. The Morgan fingerprint density at radius 2 is 1.69 bits per heavy atom. The van der Waals surface area contributed by atoms with Crippen LogP contribution in [0.5, 0.6) is 5.75 Å². The van der Waals surface area contributed by atoms with Crippen molar-refractivity contribution in [3.63, 3.8) is 0 Å². The van der Waals surface area contributed by atoms with Gasteiger partial charge in [0.1, 0.15) is 5.75 Å². The lowest BCUT2D eigenvalue weighted by Gasteiger charge is -2.11. The van der Waals surface area contributed by atoms with Crippen molar-refractivity contribution in [1.82, 2.24) is 0 Å². The third-order valence-corrected chi connectivity index (χ3v) is 4.75. The number of unbranched alkanes of at least 4 members (excludes halogenated alkanes) is 2. The molecule has 29 heavy (non-hydrogen) atoms. The molecule has 156 valence electrons. The molecule has 0 aromatic heterocycles. The van der Waals surface area contributed by atoms with Crippen molar-refractivity contribution in [2.75, 3.05) is 18.5 Å². The molecule has 1 amide bonds. The summed E-state index contributed by atoms with van der Waals surface area (Å²) in [7, 11) is 0. The van der Waals surface area contributed by atoms with Crippen LogP contribution in [0.15, 0.2) is 42.5 Å². The Morgan fingerprint density at radius 3 is 2.41 bits per heavy atom. The quantitative estimate of drug-likeness (QED) is 0.405. The number of amides is 1. The number of benzene rings is 2. The van der Waals surface area contributed by atoms with E-state index in [2.05, 4.69) is 12.2 Å². The lowest BCUT2D eigenvalue weighted by molar-refractivity contribution is -0.116. The first-order valence-corrected chi connectivity index (χ1v) is 10.3. The van der Waals surface area contributed by atoms with Crippen LogP contribution in [0.1, 0.15) is 60.5 Å². The highest BCUT2D eigenvalue weighted by atomic mass is 16.5. The molecule has 0 spiro atoms. The van der Waals surface area contributed by atoms with Gasteiger partial charge in [0, 0.05) is 12.1 Å². The van der Waals surface area contributed by atoms with E-state index in [1.807, 2.05) is 32.0 Å². The van der Waals surface area contributed by atoms with E-state index in [4.69, 9.17) is 9.47 Å². The summed E-state index contributed by atoms with van der Waals surface area (Å²) in [5.74, 6) is 0.453. The van der Waals surface area contributed by atoms with Gasteiger partial charge in [0.25, 0.3) is 0 Å². The van der Waals surface area contributed by atoms with Gasteiger partial charge < -0.3 is 14.8 Å². The SMILES string of the molecule is CCCCCOC(=O)c1ccc(NC(=O)CCCOc2cccc(C)c2C)cc1. The molecular weight excluding hydrogens is 366 g/mol. The van der Waals surface area contributed by atoms with Crippen LogP contribution in [0.25, 0.3) is 0 Å². The maximum atomic E-state index is 12.1. The van der Waals surface area contributed by atoms with Gasteiger partial charge >= 0.3 is 5.97 Å². The van der Waals surface area contributed by atoms with E-state index in [0.717, 1.165) is 30.6 Å². The molecule has 0 atom stereocenters. The molecule has 0 bridgehead atoms. The molecule has 5 heteroatoms. The maximum Gasteiger partial charge on any atom is 0.338 e. The second-order valence-electron chi connectivity index (χ2n) is 7.12. The largest absolute Gasteiger partial charge is 0.493 e. The summed E-state index contributed by atoms with van der Waals surface area (Å²) in [6.07, 6.45) is 4.01. The predicted octanol–water partition coefficient (Wildman–Crippen LogP) is 5.45. The smallest absolute Gasteiger partial charge is 0.338 e. The van der Waals surface area contributed by atoms with Crippen LogP contribution in [0.2, 0.25) is 0 Å². The van der Waals surface area contributed by atoms with E-state index < -0.39 is 0 Å². The van der Waals surface area contributed by atoms with Gasteiger partial charge in [0.15, 0.2) is 0 Å². The van der Waals surface area contributed by atoms with Crippen molar-refractivity contribution >= 4 is 17.6 Å². The number of carbonyl (C=O) groups excluding carboxylic acids is 2. The zero-order chi connectivity index (χ0) is 21.1. The van der Waals surface area contributed by atoms with Crippen LogP contribution in [-0.4, -0.2) is 25.1 Å². The molecule has 0 heterocycles. The molecule has 1 N–H and O–H groups in total. The van der Waals surface area contributed by atoms with Crippen molar-refractivity contribution in [2.45, 2.75) is 52.9 Å². The number of hydrogen-bond acceptors (Lipinski definition) is 4. The number of anilines is 1. The number of carbonyl (C=O) groups is 2. The number of ether oxygens (including phenoxy) is 2. The fraction of sp³-hybridized carbons (Fsp3) is 0.417. The van der Waals surface area contributed by atoms with Gasteiger partial charge in [-0.3, -0.25) is 4.79 Å². The maximum absolute atomic E-state index is 12.1. The van der Waals surface area contributed by atoms with Gasteiger partial charge in [0.05, 0.1) is 18.8 Å². The Labute approximate surface area is 173 Å². The van der Waals surface area contributed by atoms with Gasteiger partial charge in [0.2, 0.25) is 5.91 Å². The molecule has 0 fully saturated rings. The van der Waals surface area contributed by atoms with Crippen LogP contribution >= 0.6 is 0 Å². The molecule has 0 saturated carbocycles. The first-order chi connectivity index (χ1) is 14.0. The van der Waals surface area contributed by atoms with Crippen molar-refractivity contribution in [2.24, 2.45) is 0 Å². The van der Waals surface area contributed by atoms with E-state index in [9.17, 15) is 9.59 Å². The highest BCUT2D eigenvalue weighted by molar-refractivity contribution is 5.93. The minimum Gasteiger partial charge on any atom is -0.493 e. The van der Waals surface area contributed by atoms with Gasteiger partial charge in [-0.15, -0.1) is 0 Å². The third kappa shape index (κ3) is 7.60. The Hall–Kier alpha value is -2.82. The van der Waals surface area contributed by atoms with Crippen molar-refractivity contribution < 1.29 is 19.1 Å². The highest BCUT2D eigenvalue weighted by Crippen LogP contribution is 2.20. The topological polar surface area (TPSA) is 64.6 Å². The molecule has 0 aliphatic heterocycles. The van der Waals surface area contributed by atoms with Gasteiger partial charge in [-0.25, -0.2) is 4.79 Å². The highest BCUT2D eigenvalue weighted by Gasteiger charge is 2.08. The summed E-state index contributed by atoms with van der Waals surface area (Å²) in [5, 5.41) is 2.84. The van der Waals surface area contributed by atoms with E-state index in [1.165, 1.54) is 5.56 Å². The Balaban J connectivity index is 1.70. The van der Waals surface area contributed by atoms with Crippen LogP contribution in [0, 0.1) is 13.8 Å². The minimum absolute atomic E-state index is 0.0792. The average molecular weight is 398 g/mol. The summed E-state index contributed by atoms with van der Waals surface area (Å²) in [6.45, 7) is 7.11. The van der Waals surface area contributed by atoms with Crippen molar-refractivity contribution in [3.8, 4) is 5.75 Å². The summed E-state index contributed by atoms with van der Waals surface area (Å²) in [6, 6.07) is 12.7. The fourth-order valence-electron chi connectivity index (χ4n) is 2.81. The molecule has 0 unspecified atom stereocenters. The molecule has 0 aliphatic carbocycles. The Bertz CT molecular complexity index is 799. The zero-order valence-corrected chi connectivity index (χ0v) is 17.6. The van der Waals surface area contributed by atoms with Gasteiger partial charge in [-0.05, 0) is 68.1 Å². The number of nitrogens with one attached hydrogen (secondary N) is 1. The lowest BCUT2D eigenvalue weighted by Crippen LogP contribution is -2.13. The van der Waals surface area contributed by atoms with Gasteiger partial charge in [-0.2, -0.15) is 0 Å². The van der Waals surface area contributed by atoms with Crippen LogP contribution in [0.4, 0.5) is 5.69 Å². The second-order valence-corrected chi connectivity index (χ2v) is 7.12. The van der Waals surface area contributed by atoms with Crippen LogP contribution < -0.4 is 10.1 Å². The molecule has 0 radical (unpaired) electrons. The number of hydrogen-bond donors (Lipinski definition) is 1. The minimum atomic E-state index is -0.331. The standard InChI is InChI=1S/C24H31NO4/c1-4-5-6-16-29-24(27)20-12-14-21(15-13-20)25-23(26)11-8-17-28-22-10-7-9-18(2)19(22)3/h7,9-10,12-15H,4-6,8,11,16-17H2,1-3H3,(H,25,26). The average Bonchev–Trinajstić information content (AvgIpc) is 2.72.